The Bertz CT molecular complexity index is 295. The molecule has 0 bridgehead atoms. The summed E-state index contributed by atoms with van der Waals surface area (Å²) in [6, 6.07) is 2.47. The molecule has 1 aromatic rings. The number of halogens is 3. The average molecular weight is 189 g/mol. The second-order valence-electron chi connectivity index (χ2n) is 2.40. The molecule has 0 atom stereocenters. The van der Waals surface area contributed by atoms with E-state index in [1.807, 2.05) is 0 Å². The minimum atomic E-state index is -0.556. The predicted octanol–water partition coefficient (Wildman–Crippen LogP) is 3.48. The maximum atomic E-state index is 12.8. The number of rotatable bonds is 1. The number of benzene rings is 1. The first kappa shape index (κ1) is 9.20. The third-order valence-electron chi connectivity index (χ3n) is 1.56. The quantitative estimate of drug-likeness (QED) is 0.633. The molecule has 12 heavy (non-hydrogen) atoms. The molecular formula is C9H7ClF2. The van der Waals surface area contributed by atoms with Crippen LogP contribution < -0.4 is 0 Å². The monoisotopic (exact) mass is 188 g/mol. The summed E-state index contributed by atoms with van der Waals surface area (Å²) in [4.78, 5) is 0. The van der Waals surface area contributed by atoms with E-state index < -0.39 is 11.6 Å². The van der Waals surface area contributed by atoms with E-state index >= 15 is 0 Å². The van der Waals surface area contributed by atoms with Crippen molar-refractivity contribution in [3.63, 3.8) is 0 Å². The van der Waals surface area contributed by atoms with Gasteiger partial charge in [0.2, 0.25) is 0 Å². The molecule has 0 aliphatic heterocycles. The molecule has 0 aliphatic rings. The molecule has 0 nitrogen and oxygen atoms in total. The first-order valence-corrected chi connectivity index (χ1v) is 3.81. The van der Waals surface area contributed by atoms with Gasteiger partial charge in [-0.2, -0.15) is 0 Å². The van der Waals surface area contributed by atoms with Crippen LogP contribution in [0.4, 0.5) is 8.78 Å². The number of hydrogen-bond acceptors (Lipinski definition) is 0. The van der Waals surface area contributed by atoms with Gasteiger partial charge in [-0.1, -0.05) is 11.6 Å². The Balaban J connectivity index is 3.21. The van der Waals surface area contributed by atoms with Crippen molar-refractivity contribution in [1.82, 2.24) is 0 Å². The zero-order chi connectivity index (χ0) is 9.14. The van der Waals surface area contributed by atoms with Crippen LogP contribution in [0, 0.1) is 18.6 Å². The van der Waals surface area contributed by atoms with E-state index in [1.54, 1.807) is 0 Å². The molecule has 0 spiro atoms. The van der Waals surface area contributed by atoms with Gasteiger partial charge >= 0.3 is 0 Å². The van der Waals surface area contributed by atoms with Gasteiger partial charge in [0.25, 0.3) is 0 Å². The Labute approximate surface area is 74.5 Å². The summed E-state index contributed by atoms with van der Waals surface area (Å²) in [5.74, 6) is -1.11. The summed E-state index contributed by atoms with van der Waals surface area (Å²) in [6.45, 7) is 1.39. The van der Waals surface area contributed by atoms with Crippen molar-refractivity contribution in [1.29, 1.82) is 0 Å². The van der Waals surface area contributed by atoms with Crippen LogP contribution in [0.25, 0.3) is 6.08 Å². The Hall–Kier alpha value is -0.890. The van der Waals surface area contributed by atoms with E-state index in [0.717, 1.165) is 0 Å². The van der Waals surface area contributed by atoms with Crippen molar-refractivity contribution < 1.29 is 8.78 Å². The maximum absolute atomic E-state index is 12.8. The third kappa shape index (κ3) is 1.83. The lowest BCUT2D eigenvalue weighted by atomic mass is 10.1. The predicted molar refractivity (Wildman–Crippen MR) is 46.0 cm³/mol. The zero-order valence-electron chi connectivity index (χ0n) is 6.44. The van der Waals surface area contributed by atoms with Crippen molar-refractivity contribution in [2.24, 2.45) is 0 Å². The van der Waals surface area contributed by atoms with Gasteiger partial charge in [-0.25, -0.2) is 8.78 Å². The van der Waals surface area contributed by atoms with Crippen molar-refractivity contribution in [3.05, 3.63) is 40.4 Å². The Kier molecular flexibility index (Phi) is 2.82. The van der Waals surface area contributed by atoms with E-state index in [0.29, 0.717) is 5.56 Å². The molecule has 1 aromatic carbocycles. The van der Waals surface area contributed by atoms with Crippen LogP contribution >= 0.6 is 11.6 Å². The van der Waals surface area contributed by atoms with Gasteiger partial charge in [-0.3, -0.25) is 0 Å². The van der Waals surface area contributed by atoms with Gasteiger partial charge in [-0.05, 0) is 30.7 Å². The molecule has 0 unspecified atom stereocenters. The van der Waals surface area contributed by atoms with E-state index in [-0.39, 0.29) is 5.56 Å². The van der Waals surface area contributed by atoms with E-state index in [9.17, 15) is 8.78 Å². The lowest BCUT2D eigenvalue weighted by molar-refractivity contribution is 0.567. The highest BCUT2D eigenvalue weighted by Gasteiger charge is 2.04. The molecule has 0 aliphatic carbocycles. The largest absolute Gasteiger partial charge is 0.207 e. The highest BCUT2D eigenvalue weighted by molar-refractivity contribution is 6.27. The fourth-order valence-corrected chi connectivity index (χ4v) is 0.979. The molecule has 3 heteroatoms. The van der Waals surface area contributed by atoms with Crippen LogP contribution in [-0.4, -0.2) is 0 Å². The summed E-state index contributed by atoms with van der Waals surface area (Å²) in [6.07, 6.45) is 1.42. The molecule has 0 aromatic heterocycles. The lowest BCUT2D eigenvalue weighted by Crippen LogP contribution is -1.89. The highest BCUT2D eigenvalue weighted by atomic mass is 35.5. The molecule has 0 saturated carbocycles. The third-order valence-corrected chi connectivity index (χ3v) is 1.68. The van der Waals surface area contributed by atoms with Crippen LogP contribution in [0.2, 0.25) is 0 Å². The minimum Gasteiger partial charge on any atom is -0.207 e. The minimum absolute atomic E-state index is 0.0294. The lowest BCUT2D eigenvalue weighted by Gasteiger charge is -1.99. The SMILES string of the molecule is Cc1c(F)cc(/C=C/Cl)cc1F. The molecule has 1 rings (SSSR count). The van der Waals surface area contributed by atoms with Crippen molar-refractivity contribution in [3.8, 4) is 0 Å². The fraction of sp³-hybridized carbons (Fsp3) is 0.111. The summed E-state index contributed by atoms with van der Waals surface area (Å²) in [5.41, 5.74) is 1.66. The van der Waals surface area contributed by atoms with Crippen LogP contribution in [0.3, 0.4) is 0 Å². The molecule has 0 saturated heterocycles. The van der Waals surface area contributed by atoms with Gasteiger partial charge in [-0.15, -0.1) is 0 Å². The summed E-state index contributed by atoms with van der Waals surface area (Å²) >= 11 is 5.26. The van der Waals surface area contributed by atoms with Gasteiger partial charge < -0.3 is 0 Å². The highest BCUT2D eigenvalue weighted by Crippen LogP contribution is 2.15. The molecule has 64 valence electrons. The second-order valence-corrected chi connectivity index (χ2v) is 2.65. The zero-order valence-corrected chi connectivity index (χ0v) is 7.20. The first-order chi connectivity index (χ1) is 5.65. The average Bonchev–Trinajstić information content (AvgIpc) is 2.01. The molecule has 0 N–H and O–H groups in total. The second kappa shape index (κ2) is 3.68. The van der Waals surface area contributed by atoms with Gasteiger partial charge in [0, 0.05) is 11.1 Å². The van der Waals surface area contributed by atoms with Crippen LogP contribution in [0.5, 0.6) is 0 Å². The molecule has 0 radical (unpaired) electrons. The van der Waals surface area contributed by atoms with Crippen LogP contribution in [0.15, 0.2) is 17.7 Å². The van der Waals surface area contributed by atoms with Crippen LogP contribution in [0.1, 0.15) is 11.1 Å². The maximum Gasteiger partial charge on any atom is 0.129 e. The van der Waals surface area contributed by atoms with E-state index in [2.05, 4.69) is 0 Å². The summed E-state index contributed by atoms with van der Waals surface area (Å²) in [7, 11) is 0. The van der Waals surface area contributed by atoms with E-state index in [4.69, 9.17) is 11.6 Å². The Morgan fingerprint density at radius 2 is 1.75 bits per heavy atom. The molecular weight excluding hydrogens is 182 g/mol. The van der Waals surface area contributed by atoms with Crippen LogP contribution in [-0.2, 0) is 0 Å². The number of hydrogen-bond donors (Lipinski definition) is 0. The Morgan fingerprint density at radius 1 is 1.25 bits per heavy atom. The summed E-state index contributed by atoms with van der Waals surface area (Å²) < 4.78 is 25.7. The van der Waals surface area contributed by atoms with Crippen molar-refractivity contribution >= 4 is 17.7 Å². The summed E-state index contributed by atoms with van der Waals surface area (Å²) in [5, 5.41) is 0. The smallest absolute Gasteiger partial charge is 0.129 e. The molecule has 0 amide bonds. The normalized spacial score (nSPS) is 11.0. The van der Waals surface area contributed by atoms with E-state index in [1.165, 1.54) is 30.7 Å². The first-order valence-electron chi connectivity index (χ1n) is 3.37. The van der Waals surface area contributed by atoms with Gasteiger partial charge in [0.15, 0.2) is 0 Å². The standard InChI is InChI=1S/C9H7ClF2/c1-6-8(11)4-7(2-3-10)5-9(6)12/h2-5H,1H3/b3-2+. The van der Waals surface area contributed by atoms with Gasteiger partial charge in [0.1, 0.15) is 11.6 Å². The Morgan fingerprint density at radius 3 is 2.17 bits per heavy atom. The van der Waals surface area contributed by atoms with Gasteiger partial charge in [0.05, 0.1) is 0 Å². The molecule has 0 heterocycles. The fourth-order valence-electron chi connectivity index (χ4n) is 0.834. The van der Waals surface area contributed by atoms with Crippen molar-refractivity contribution in [2.75, 3.05) is 0 Å². The topological polar surface area (TPSA) is 0 Å². The molecule has 0 fully saturated rings. The van der Waals surface area contributed by atoms with Crippen molar-refractivity contribution in [2.45, 2.75) is 6.92 Å².